The summed E-state index contributed by atoms with van der Waals surface area (Å²) < 4.78 is 0. The molecule has 1 unspecified atom stereocenters. The number of benzene rings is 1. The number of hydrogen-bond donors (Lipinski definition) is 2. The highest BCUT2D eigenvalue weighted by Crippen LogP contribution is 2.30. The number of amides is 2. The van der Waals surface area contributed by atoms with Gasteiger partial charge in [-0.15, -0.1) is 0 Å². The molecule has 0 aromatic heterocycles. The van der Waals surface area contributed by atoms with Crippen molar-refractivity contribution in [2.75, 3.05) is 32.7 Å². The third-order valence-corrected chi connectivity index (χ3v) is 5.41. The van der Waals surface area contributed by atoms with Crippen LogP contribution in [0.5, 0.6) is 5.75 Å². The van der Waals surface area contributed by atoms with E-state index in [0.717, 1.165) is 70.4 Å². The summed E-state index contributed by atoms with van der Waals surface area (Å²) in [6.07, 6.45) is 5.16. The number of carbonyl (C=O) groups excluding carboxylic acids is 1. The summed E-state index contributed by atoms with van der Waals surface area (Å²) in [5.74, 6) is 0.446. The normalized spacial score (nSPS) is 16.4. The van der Waals surface area contributed by atoms with E-state index in [2.05, 4.69) is 23.2 Å². The maximum absolute atomic E-state index is 12.0. The highest BCUT2D eigenvalue weighted by molar-refractivity contribution is 5.73. The maximum atomic E-state index is 12.0. The van der Waals surface area contributed by atoms with Crippen molar-refractivity contribution in [3.05, 3.63) is 29.3 Å². The molecule has 1 aromatic carbocycles. The highest BCUT2D eigenvalue weighted by Gasteiger charge is 2.25. The number of aromatic hydroxyl groups is 1. The Labute approximate surface area is 158 Å². The first-order valence-corrected chi connectivity index (χ1v) is 10.2. The lowest BCUT2D eigenvalue weighted by molar-refractivity contribution is 0.174. The van der Waals surface area contributed by atoms with Gasteiger partial charge in [-0.3, -0.25) is 4.90 Å². The lowest BCUT2D eigenvalue weighted by Gasteiger charge is -2.35. The van der Waals surface area contributed by atoms with Crippen LogP contribution in [0.25, 0.3) is 0 Å². The molecular formula is C21H35N3O2. The van der Waals surface area contributed by atoms with Crippen molar-refractivity contribution in [2.24, 2.45) is 0 Å². The zero-order chi connectivity index (χ0) is 18.9. The Morgan fingerprint density at radius 1 is 1.23 bits per heavy atom. The van der Waals surface area contributed by atoms with Gasteiger partial charge in [0.15, 0.2) is 0 Å². The molecule has 0 bridgehead atoms. The molecule has 0 saturated carbocycles. The summed E-state index contributed by atoms with van der Waals surface area (Å²) in [6, 6.07) is 6.46. The number of urea groups is 1. The molecular weight excluding hydrogens is 326 g/mol. The lowest BCUT2D eigenvalue weighted by Crippen LogP contribution is -2.43. The van der Waals surface area contributed by atoms with E-state index in [-0.39, 0.29) is 6.03 Å². The first kappa shape index (κ1) is 20.6. The number of hydrogen-bond acceptors (Lipinski definition) is 3. The van der Waals surface area contributed by atoms with Crippen molar-refractivity contribution in [3.8, 4) is 5.75 Å². The Hall–Kier alpha value is -1.75. The van der Waals surface area contributed by atoms with Crippen molar-refractivity contribution in [3.63, 3.8) is 0 Å². The van der Waals surface area contributed by atoms with Gasteiger partial charge in [-0.25, -0.2) is 4.79 Å². The minimum Gasteiger partial charge on any atom is -0.508 e. The number of fused-ring (bicyclic) bond motifs is 1. The second-order valence-electron chi connectivity index (χ2n) is 7.11. The van der Waals surface area contributed by atoms with Crippen molar-refractivity contribution in [1.29, 1.82) is 0 Å². The lowest BCUT2D eigenvalue weighted by atomic mass is 9.86. The number of rotatable bonds is 9. The van der Waals surface area contributed by atoms with Gasteiger partial charge in [0.05, 0.1) is 0 Å². The predicted molar refractivity (Wildman–Crippen MR) is 107 cm³/mol. The monoisotopic (exact) mass is 361 g/mol. The zero-order valence-electron chi connectivity index (χ0n) is 16.6. The summed E-state index contributed by atoms with van der Waals surface area (Å²) >= 11 is 0. The van der Waals surface area contributed by atoms with Gasteiger partial charge >= 0.3 is 6.03 Å². The molecule has 2 N–H and O–H groups in total. The highest BCUT2D eigenvalue weighted by atomic mass is 16.3. The summed E-state index contributed by atoms with van der Waals surface area (Å²) in [5, 5.41) is 13.1. The van der Waals surface area contributed by atoms with Crippen LogP contribution in [0.15, 0.2) is 18.2 Å². The minimum atomic E-state index is 0.0408. The van der Waals surface area contributed by atoms with Crippen LogP contribution in [0.1, 0.15) is 51.2 Å². The van der Waals surface area contributed by atoms with Crippen LogP contribution in [0.3, 0.4) is 0 Å². The van der Waals surface area contributed by atoms with Crippen molar-refractivity contribution >= 4 is 6.03 Å². The van der Waals surface area contributed by atoms with Gasteiger partial charge in [0, 0.05) is 32.2 Å². The van der Waals surface area contributed by atoms with E-state index in [4.69, 9.17) is 0 Å². The van der Waals surface area contributed by atoms with Gasteiger partial charge in [-0.1, -0.05) is 19.1 Å². The average molecular weight is 362 g/mol. The van der Waals surface area contributed by atoms with Crippen molar-refractivity contribution < 1.29 is 9.90 Å². The first-order chi connectivity index (χ1) is 12.6. The molecule has 0 heterocycles. The van der Waals surface area contributed by atoms with Crippen LogP contribution < -0.4 is 5.32 Å². The Morgan fingerprint density at radius 3 is 2.69 bits per heavy atom. The summed E-state index contributed by atoms with van der Waals surface area (Å²) in [4.78, 5) is 16.4. The molecule has 1 aliphatic rings. The molecule has 0 fully saturated rings. The Bertz CT molecular complexity index is 572. The third kappa shape index (κ3) is 5.37. The molecule has 26 heavy (non-hydrogen) atoms. The van der Waals surface area contributed by atoms with Crippen LogP contribution in [0.2, 0.25) is 0 Å². The molecule has 2 rings (SSSR count). The maximum Gasteiger partial charge on any atom is 0.317 e. The van der Waals surface area contributed by atoms with E-state index in [1.165, 1.54) is 5.56 Å². The molecule has 5 nitrogen and oxygen atoms in total. The molecule has 1 aliphatic carbocycles. The fraction of sp³-hybridized carbons (Fsp3) is 0.667. The SMILES string of the molecule is CCCN(CCCNC(=O)N(CC)CC)C1CCc2c(O)cccc2C1. The number of phenols is 1. The topological polar surface area (TPSA) is 55.8 Å². The molecule has 0 saturated heterocycles. The van der Waals surface area contributed by atoms with Crippen LogP contribution in [0, 0.1) is 0 Å². The summed E-state index contributed by atoms with van der Waals surface area (Å²) in [5.41, 5.74) is 2.42. The molecule has 0 spiro atoms. The largest absolute Gasteiger partial charge is 0.508 e. The van der Waals surface area contributed by atoms with Gasteiger partial charge in [-0.05, 0) is 69.7 Å². The zero-order valence-corrected chi connectivity index (χ0v) is 16.6. The second kappa shape index (κ2) is 10.4. The van der Waals surface area contributed by atoms with E-state index in [0.29, 0.717) is 11.8 Å². The van der Waals surface area contributed by atoms with E-state index >= 15 is 0 Å². The summed E-state index contributed by atoms with van der Waals surface area (Å²) in [6.45, 7) is 10.5. The number of nitrogens with zero attached hydrogens (tertiary/aromatic N) is 2. The van der Waals surface area contributed by atoms with E-state index in [1.54, 1.807) is 6.07 Å². The summed E-state index contributed by atoms with van der Waals surface area (Å²) in [7, 11) is 0. The van der Waals surface area contributed by atoms with Crippen LogP contribution in [0.4, 0.5) is 4.79 Å². The molecule has 2 amide bonds. The third-order valence-electron chi connectivity index (χ3n) is 5.41. The van der Waals surface area contributed by atoms with Crippen molar-refractivity contribution in [2.45, 2.75) is 58.9 Å². The number of phenolic OH excluding ortho intramolecular Hbond substituents is 1. The van der Waals surface area contributed by atoms with Crippen LogP contribution in [-0.4, -0.2) is 59.7 Å². The Morgan fingerprint density at radius 2 is 2.00 bits per heavy atom. The van der Waals surface area contributed by atoms with Crippen LogP contribution >= 0.6 is 0 Å². The molecule has 146 valence electrons. The first-order valence-electron chi connectivity index (χ1n) is 10.2. The van der Waals surface area contributed by atoms with Crippen molar-refractivity contribution in [1.82, 2.24) is 15.1 Å². The number of nitrogens with one attached hydrogen (secondary N) is 1. The van der Waals surface area contributed by atoms with Gasteiger partial charge in [0.25, 0.3) is 0 Å². The Kier molecular flexibility index (Phi) is 8.23. The number of carbonyl (C=O) groups is 1. The fourth-order valence-corrected chi connectivity index (χ4v) is 3.94. The van der Waals surface area contributed by atoms with Gasteiger partial charge in [0.2, 0.25) is 0 Å². The molecule has 5 heteroatoms. The smallest absolute Gasteiger partial charge is 0.317 e. The van der Waals surface area contributed by atoms with Gasteiger partial charge in [-0.2, -0.15) is 0 Å². The molecule has 0 aliphatic heterocycles. The van der Waals surface area contributed by atoms with Gasteiger partial charge < -0.3 is 15.3 Å². The van der Waals surface area contributed by atoms with E-state index < -0.39 is 0 Å². The quantitative estimate of drug-likeness (QED) is 0.663. The standard InChI is InChI=1S/C21H35N3O2/c1-4-14-24(15-8-13-22-21(26)23(5-2)6-3)18-11-12-19-17(16-18)9-7-10-20(19)25/h7,9-10,18,25H,4-6,8,11-16H2,1-3H3,(H,22,26). The molecule has 1 atom stereocenters. The van der Waals surface area contributed by atoms with E-state index in [1.807, 2.05) is 24.8 Å². The van der Waals surface area contributed by atoms with Crippen LogP contribution in [-0.2, 0) is 12.8 Å². The minimum absolute atomic E-state index is 0.0408. The van der Waals surface area contributed by atoms with E-state index in [9.17, 15) is 9.90 Å². The molecule has 1 aromatic rings. The second-order valence-corrected chi connectivity index (χ2v) is 7.11. The molecule has 0 radical (unpaired) electrons. The average Bonchev–Trinajstić information content (AvgIpc) is 2.65. The predicted octanol–water partition coefficient (Wildman–Crippen LogP) is 3.40. The Balaban J connectivity index is 1.84. The van der Waals surface area contributed by atoms with Gasteiger partial charge in [0.1, 0.15) is 5.75 Å². The fourth-order valence-electron chi connectivity index (χ4n) is 3.94.